The van der Waals surface area contributed by atoms with Gasteiger partial charge in [0.25, 0.3) is 5.91 Å². The minimum Gasteiger partial charge on any atom is -0.486 e. The van der Waals surface area contributed by atoms with Crippen LogP contribution in [0.5, 0.6) is 11.5 Å². The lowest BCUT2D eigenvalue weighted by molar-refractivity contribution is 0.0930. The van der Waals surface area contributed by atoms with Gasteiger partial charge in [-0.1, -0.05) is 58.6 Å². The van der Waals surface area contributed by atoms with Crippen molar-refractivity contribution in [1.29, 1.82) is 0 Å². The minimum absolute atomic E-state index is 0.0731. The number of hydrogen-bond donors (Lipinski definition) is 2. The number of ether oxygens (including phenoxy) is 2. The maximum Gasteiger partial charge on any atom is 0.251 e. The highest BCUT2D eigenvalue weighted by Gasteiger charge is 2.21. The zero-order chi connectivity index (χ0) is 23.9. The number of aromatic amines is 1. The topological polar surface area (TPSA) is 76.2 Å². The predicted octanol–water partition coefficient (Wildman–Crippen LogP) is 6.23. The molecule has 6 heteroatoms. The van der Waals surface area contributed by atoms with Crippen molar-refractivity contribution in [1.82, 2.24) is 15.3 Å². The van der Waals surface area contributed by atoms with Gasteiger partial charge in [-0.2, -0.15) is 0 Å². The van der Waals surface area contributed by atoms with Gasteiger partial charge in [0, 0.05) is 17.5 Å². The highest BCUT2D eigenvalue weighted by atomic mass is 16.6. The highest BCUT2D eigenvalue weighted by Crippen LogP contribution is 2.32. The van der Waals surface area contributed by atoms with Crippen molar-refractivity contribution in [2.24, 2.45) is 5.92 Å². The van der Waals surface area contributed by atoms with Crippen LogP contribution in [0, 0.1) is 5.92 Å². The van der Waals surface area contributed by atoms with Gasteiger partial charge in [-0.15, -0.1) is 0 Å². The van der Waals surface area contributed by atoms with Gasteiger partial charge in [0.1, 0.15) is 19.0 Å². The quantitative estimate of drug-likeness (QED) is 0.415. The van der Waals surface area contributed by atoms with Gasteiger partial charge in [-0.05, 0) is 49.1 Å². The summed E-state index contributed by atoms with van der Waals surface area (Å²) in [6.45, 7) is 7.59. The van der Waals surface area contributed by atoms with Crippen LogP contribution in [0.25, 0.3) is 11.0 Å². The molecular weight excluding hydrogens is 426 g/mol. The molecule has 0 spiro atoms. The number of benzene rings is 2. The van der Waals surface area contributed by atoms with Gasteiger partial charge in [-0.25, -0.2) is 4.98 Å². The van der Waals surface area contributed by atoms with Gasteiger partial charge >= 0.3 is 0 Å². The summed E-state index contributed by atoms with van der Waals surface area (Å²) < 4.78 is 11.1. The zero-order valence-electron chi connectivity index (χ0n) is 20.6. The Labute approximate surface area is 202 Å². The molecule has 0 radical (unpaired) electrons. The first-order valence-electron chi connectivity index (χ1n) is 12.7. The third-order valence-corrected chi connectivity index (χ3v) is 6.56. The molecule has 2 N–H and O–H groups in total. The second-order valence-electron chi connectivity index (χ2n) is 9.45. The van der Waals surface area contributed by atoms with Crippen molar-refractivity contribution in [2.45, 2.75) is 71.3 Å². The lowest BCUT2D eigenvalue weighted by Gasteiger charge is -2.22. The molecule has 1 saturated carbocycles. The molecule has 182 valence electrons. The standard InChI is InChI=1S/C23H27N3O3.C5H10/c1-3-6-17(13-15(2)22-25-18-7-4-5-8-19(18)26-22)24-23(27)16-9-10-20-21(14-16)29-12-11-28-20;1-2-5-3-4-5/h4-5,7-10,14-15,17H,3,6,11-13H2,1-2H3,(H,24,27)(H,25,26);5H,2-4H2,1H3/t15-,17?;/m1./s1. The number of fused-ring (bicyclic) bond motifs is 2. The Balaban J connectivity index is 0.000000486. The van der Waals surface area contributed by atoms with Gasteiger partial charge in [0.2, 0.25) is 0 Å². The second kappa shape index (κ2) is 11.4. The first-order valence-corrected chi connectivity index (χ1v) is 12.7. The fraction of sp³-hybridized carbons (Fsp3) is 0.500. The van der Waals surface area contributed by atoms with Crippen LogP contribution in [-0.4, -0.2) is 35.1 Å². The fourth-order valence-corrected chi connectivity index (χ4v) is 4.32. The maximum absolute atomic E-state index is 12.8. The zero-order valence-corrected chi connectivity index (χ0v) is 20.6. The Kier molecular flexibility index (Phi) is 8.09. The summed E-state index contributed by atoms with van der Waals surface area (Å²) in [6.07, 6.45) is 7.18. The monoisotopic (exact) mass is 463 g/mol. The molecule has 2 aromatic carbocycles. The largest absolute Gasteiger partial charge is 0.486 e. The van der Waals surface area contributed by atoms with Crippen molar-refractivity contribution in [3.63, 3.8) is 0 Å². The van der Waals surface area contributed by atoms with E-state index in [4.69, 9.17) is 14.5 Å². The SMILES string of the molecule is CCC1CC1.CCCC(C[C@@H](C)c1nc2ccccc2[nH]1)NC(=O)c1ccc2c(c1)OCCO2. The number of hydrogen-bond acceptors (Lipinski definition) is 4. The number of carbonyl (C=O) groups is 1. The van der Waals surface area contributed by atoms with E-state index in [0.29, 0.717) is 30.3 Å². The minimum atomic E-state index is -0.0859. The number of nitrogens with zero attached hydrogens (tertiary/aromatic N) is 1. The van der Waals surface area contributed by atoms with Gasteiger partial charge in [-0.3, -0.25) is 4.79 Å². The van der Waals surface area contributed by atoms with Crippen LogP contribution < -0.4 is 14.8 Å². The molecule has 5 rings (SSSR count). The Bertz CT molecular complexity index is 1060. The van der Waals surface area contributed by atoms with Crippen LogP contribution in [-0.2, 0) is 0 Å². The van der Waals surface area contributed by atoms with E-state index in [1.165, 1.54) is 19.3 Å². The number of H-pyrrole nitrogens is 1. The molecule has 6 nitrogen and oxygen atoms in total. The van der Waals surface area contributed by atoms with E-state index in [1.807, 2.05) is 24.3 Å². The Morgan fingerprint density at radius 3 is 2.56 bits per heavy atom. The lowest BCUT2D eigenvalue weighted by atomic mass is 9.97. The lowest BCUT2D eigenvalue weighted by Crippen LogP contribution is -2.36. The van der Waals surface area contributed by atoms with Gasteiger partial charge in [0.15, 0.2) is 11.5 Å². The number of nitrogens with one attached hydrogen (secondary N) is 2. The molecule has 1 aliphatic carbocycles. The average molecular weight is 464 g/mol. The first-order chi connectivity index (χ1) is 16.6. The summed E-state index contributed by atoms with van der Waals surface area (Å²) in [5.74, 6) is 3.54. The van der Waals surface area contributed by atoms with Crippen LogP contribution in [0.4, 0.5) is 0 Å². The molecule has 1 unspecified atom stereocenters. The van der Waals surface area contributed by atoms with Crippen molar-refractivity contribution in [3.8, 4) is 11.5 Å². The third kappa shape index (κ3) is 6.31. The van der Waals surface area contributed by atoms with Gasteiger partial charge < -0.3 is 19.8 Å². The van der Waals surface area contributed by atoms with Crippen molar-refractivity contribution >= 4 is 16.9 Å². The van der Waals surface area contributed by atoms with E-state index >= 15 is 0 Å². The number of para-hydroxylation sites is 2. The normalized spacial score (nSPS) is 16.3. The molecule has 2 aliphatic rings. The Hall–Kier alpha value is -3.02. The fourth-order valence-electron chi connectivity index (χ4n) is 4.32. The van der Waals surface area contributed by atoms with Crippen LogP contribution in [0.1, 0.15) is 81.4 Å². The van der Waals surface area contributed by atoms with E-state index < -0.39 is 0 Å². The summed E-state index contributed by atoms with van der Waals surface area (Å²) in [5.41, 5.74) is 2.61. The van der Waals surface area contributed by atoms with Crippen molar-refractivity contribution in [2.75, 3.05) is 13.2 Å². The highest BCUT2D eigenvalue weighted by molar-refractivity contribution is 5.95. The number of aromatic nitrogens is 2. The third-order valence-electron chi connectivity index (χ3n) is 6.56. The molecule has 1 amide bonds. The van der Waals surface area contributed by atoms with Crippen molar-refractivity contribution < 1.29 is 14.3 Å². The molecule has 2 heterocycles. The molecule has 3 aromatic rings. The molecule has 0 bridgehead atoms. The smallest absolute Gasteiger partial charge is 0.251 e. The summed E-state index contributed by atoms with van der Waals surface area (Å²) in [5, 5.41) is 3.20. The summed E-state index contributed by atoms with van der Waals surface area (Å²) in [6, 6.07) is 13.5. The van der Waals surface area contributed by atoms with Gasteiger partial charge in [0.05, 0.1) is 11.0 Å². The van der Waals surface area contributed by atoms with E-state index in [-0.39, 0.29) is 17.9 Å². The predicted molar refractivity (Wildman–Crippen MR) is 136 cm³/mol. The molecule has 1 aromatic heterocycles. The van der Waals surface area contributed by atoms with Crippen LogP contribution >= 0.6 is 0 Å². The molecule has 34 heavy (non-hydrogen) atoms. The number of rotatable bonds is 8. The molecular formula is C28H37N3O3. The average Bonchev–Trinajstić information content (AvgIpc) is 3.60. The Morgan fingerprint density at radius 1 is 1.12 bits per heavy atom. The van der Waals surface area contributed by atoms with Crippen molar-refractivity contribution in [3.05, 3.63) is 53.9 Å². The van der Waals surface area contributed by atoms with Crippen LogP contribution in [0.3, 0.4) is 0 Å². The number of carbonyl (C=O) groups excluding carboxylic acids is 1. The van der Waals surface area contributed by atoms with E-state index in [9.17, 15) is 4.79 Å². The molecule has 2 atom stereocenters. The Morgan fingerprint density at radius 2 is 1.88 bits per heavy atom. The van der Waals surface area contributed by atoms with Crippen LogP contribution in [0.2, 0.25) is 0 Å². The summed E-state index contributed by atoms with van der Waals surface area (Å²) in [4.78, 5) is 21.0. The summed E-state index contributed by atoms with van der Waals surface area (Å²) in [7, 11) is 0. The molecule has 1 fully saturated rings. The second-order valence-corrected chi connectivity index (χ2v) is 9.45. The van der Waals surface area contributed by atoms with E-state index in [0.717, 1.165) is 42.0 Å². The molecule has 1 aliphatic heterocycles. The number of imidazole rings is 1. The maximum atomic E-state index is 12.8. The number of amides is 1. The summed E-state index contributed by atoms with van der Waals surface area (Å²) >= 11 is 0. The van der Waals surface area contributed by atoms with Crippen LogP contribution in [0.15, 0.2) is 42.5 Å². The first kappa shape index (κ1) is 24.1. The van der Waals surface area contributed by atoms with E-state index in [2.05, 4.69) is 31.1 Å². The molecule has 0 saturated heterocycles. The van der Waals surface area contributed by atoms with E-state index in [1.54, 1.807) is 18.2 Å².